The number of carbonyl (C=O) groups is 2. The number of nitrogens with zero attached hydrogens (tertiary/aromatic N) is 4. The summed E-state index contributed by atoms with van der Waals surface area (Å²) in [5.41, 5.74) is 3.08. The van der Waals surface area contributed by atoms with Crippen molar-refractivity contribution in [1.82, 2.24) is 19.4 Å². The van der Waals surface area contributed by atoms with Crippen LogP contribution in [0.3, 0.4) is 0 Å². The van der Waals surface area contributed by atoms with E-state index in [0.717, 1.165) is 24.2 Å². The SMILES string of the molecule is O=C(CN(CCN1CCOCC1)C(=O)Cc1ccccc1)Nc1nc(-c2ccccc2)cn1-c1ccc(F)cc1. The lowest BCUT2D eigenvalue weighted by Gasteiger charge is -2.30. The Labute approximate surface area is 233 Å². The van der Waals surface area contributed by atoms with Gasteiger partial charge in [-0.15, -0.1) is 0 Å². The second kappa shape index (κ2) is 13.1. The molecule has 3 aromatic carbocycles. The fourth-order valence-electron chi connectivity index (χ4n) is 4.61. The van der Waals surface area contributed by atoms with Crippen LogP contribution in [0.1, 0.15) is 5.56 Å². The molecule has 0 atom stereocenters. The Morgan fingerprint density at radius 1 is 0.925 bits per heavy atom. The molecule has 4 aromatic rings. The van der Waals surface area contributed by atoms with Crippen molar-refractivity contribution in [2.75, 3.05) is 51.3 Å². The van der Waals surface area contributed by atoms with Crippen molar-refractivity contribution in [2.45, 2.75) is 6.42 Å². The summed E-state index contributed by atoms with van der Waals surface area (Å²) in [6.07, 6.45) is 2.01. The number of ether oxygens (including phenoxy) is 1. The number of amides is 2. The maximum absolute atomic E-state index is 13.6. The number of imidazole rings is 1. The smallest absolute Gasteiger partial charge is 0.246 e. The van der Waals surface area contributed by atoms with Crippen molar-refractivity contribution < 1.29 is 18.7 Å². The minimum Gasteiger partial charge on any atom is -0.379 e. The average Bonchev–Trinajstić information content (AvgIpc) is 3.40. The topological polar surface area (TPSA) is 79.7 Å². The fourth-order valence-corrected chi connectivity index (χ4v) is 4.61. The van der Waals surface area contributed by atoms with Crippen molar-refractivity contribution in [2.24, 2.45) is 0 Å². The van der Waals surface area contributed by atoms with Crippen LogP contribution in [-0.2, 0) is 20.7 Å². The second-order valence-corrected chi connectivity index (χ2v) is 9.64. The van der Waals surface area contributed by atoms with E-state index in [-0.39, 0.29) is 30.6 Å². The molecule has 1 N–H and O–H groups in total. The molecule has 0 radical (unpaired) electrons. The lowest BCUT2D eigenvalue weighted by atomic mass is 10.1. The van der Waals surface area contributed by atoms with Crippen LogP contribution in [0.25, 0.3) is 16.9 Å². The Kier molecular flexibility index (Phi) is 8.95. The van der Waals surface area contributed by atoms with Crippen LogP contribution in [0.5, 0.6) is 0 Å². The zero-order valence-corrected chi connectivity index (χ0v) is 22.2. The van der Waals surface area contributed by atoms with E-state index in [1.165, 1.54) is 12.1 Å². The molecule has 0 bridgehead atoms. The predicted molar refractivity (Wildman–Crippen MR) is 152 cm³/mol. The van der Waals surface area contributed by atoms with Crippen LogP contribution in [0.4, 0.5) is 10.3 Å². The van der Waals surface area contributed by atoms with Crippen LogP contribution >= 0.6 is 0 Å². The van der Waals surface area contributed by atoms with Gasteiger partial charge in [0.05, 0.1) is 31.9 Å². The third-order valence-electron chi connectivity index (χ3n) is 6.81. The van der Waals surface area contributed by atoms with E-state index in [4.69, 9.17) is 4.74 Å². The number of morpholine rings is 1. The molecule has 1 aliphatic rings. The van der Waals surface area contributed by atoms with Crippen molar-refractivity contribution in [3.8, 4) is 16.9 Å². The fraction of sp³-hybridized carbons (Fsp3) is 0.258. The third-order valence-corrected chi connectivity index (χ3v) is 6.81. The average molecular weight is 542 g/mol. The highest BCUT2D eigenvalue weighted by Crippen LogP contribution is 2.24. The van der Waals surface area contributed by atoms with E-state index in [1.807, 2.05) is 60.7 Å². The summed E-state index contributed by atoms with van der Waals surface area (Å²) < 4.78 is 20.8. The van der Waals surface area contributed by atoms with Crippen LogP contribution in [0.2, 0.25) is 0 Å². The van der Waals surface area contributed by atoms with Gasteiger partial charge in [-0.05, 0) is 29.8 Å². The van der Waals surface area contributed by atoms with Crippen LogP contribution in [-0.4, -0.2) is 77.1 Å². The van der Waals surface area contributed by atoms with E-state index >= 15 is 0 Å². The Bertz CT molecular complexity index is 1400. The van der Waals surface area contributed by atoms with E-state index in [9.17, 15) is 14.0 Å². The van der Waals surface area contributed by atoms with Gasteiger partial charge in [-0.1, -0.05) is 60.7 Å². The first-order valence-electron chi connectivity index (χ1n) is 13.4. The quantitative estimate of drug-likeness (QED) is 0.328. The number of rotatable bonds is 10. The van der Waals surface area contributed by atoms with Gasteiger partial charge < -0.3 is 9.64 Å². The van der Waals surface area contributed by atoms with Gasteiger partial charge >= 0.3 is 0 Å². The Hall–Kier alpha value is -4.34. The largest absolute Gasteiger partial charge is 0.379 e. The van der Waals surface area contributed by atoms with Gasteiger partial charge in [0.25, 0.3) is 0 Å². The van der Waals surface area contributed by atoms with Crippen LogP contribution in [0.15, 0.2) is 91.1 Å². The first-order chi connectivity index (χ1) is 19.5. The molecule has 1 aliphatic heterocycles. The molecule has 40 heavy (non-hydrogen) atoms. The van der Waals surface area contributed by atoms with E-state index < -0.39 is 0 Å². The zero-order chi connectivity index (χ0) is 27.7. The van der Waals surface area contributed by atoms with Gasteiger partial charge in [0.15, 0.2) is 0 Å². The van der Waals surface area contributed by atoms with E-state index in [1.54, 1.807) is 27.8 Å². The highest BCUT2D eigenvalue weighted by Gasteiger charge is 2.21. The number of nitrogens with one attached hydrogen (secondary N) is 1. The number of hydrogen-bond acceptors (Lipinski definition) is 5. The van der Waals surface area contributed by atoms with Crippen molar-refractivity contribution in [3.05, 3.63) is 103 Å². The molecular formula is C31H32FN5O3. The Balaban J connectivity index is 1.35. The minimum atomic E-state index is -0.364. The molecule has 8 nitrogen and oxygen atoms in total. The van der Waals surface area contributed by atoms with Crippen molar-refractivity contribution in [3.63, 3.8) is 0 Å². The molecule has 5 rings (SSSR count). The van der Waals surface area contributed by atoms with Crippen LogP contribution < -0.4 is 5.32 Å². The minimum absolute atomic E-state index is 0.118. The summed E-state index contributed by atoms with van der Waals surface area (Å²) in [5, 5.41) is 2.89. The summed E-state index contributed by atoms with van der Waals surface area (Å²) in [6.45, 7) is 3.87. The molecule has 0 aliphatic carbocycles. The molecule has 1 fully saturated rings. The van der Waals surface area contributed by atoms with E-state index in [2.05, 4.69) is 15.2 Å². The summed E-state index contributed by atoms with van der Waals surface area (Å²) in [6, 6.07) is 25.1. The summed E-state index contributed by atoms with van der Waals surface area (Å²) >= 11 is 0. The number of carbonyl (C=O) groups excluding carboxylic acids is 2. The van der Waals surface area contributed by atoms with E-state index in [0.29, 0.717) is 43.6 Å². The number of benzene rings is 3. The molecule has 1 saturated heterocycles. The lowest BCUT2D eigenvalue weighted by Crippen LogP contribution is -2.45. The van der Waals surface area contributed by atoms with Gasteiger partial charge in [0.2, 0.25) is 17.8 Å². The highest BCUT2D eigenvalue weighted by molar-refractivity contribution is 5.94. The molecule has 1 aromatic heterocycles. The first kappa shape index (κ1) is 27.2. The maximum Gasteiger partial charge on any atom is 0.246 e. The van der Waals surface area contributed by atoms with Gasteiger partial charge in [0, 0.05) is 43.6 Å². The second-order valence-electron chi connectivity index (χ2n) is 9.64. The van der Waals surface area contributed by atoms with Crippen molar-refractivity contribution >= 4 is 17.8 Å². The first-order valence-corrected chi connectivity index (χ1v) is 13.4. The van der Waals surface area contributed by atoms with Gasteiger partial charge in [0.1, 0.15) is 5.82 Å². The Morgan fingerprint density at radius 3 is 2.30 bits per heavy atom. The summed E-state index contributed by atoms with van der Waals surface area (Å²) in [4.78, 5) is 35.2. The molecule has 0 saturated carbocycles. The molecule has 206 valence electrons. The molecule has 9 heteroatoms. The summed E-state index contributed by atoms with van der Waals surface area (Å²) in [5.74, 6) is -0.553. The molecule has 0 unspecified atom stereocenters. The van der Waals surface area contributed by atoms with Gasteiger partial charge in [-0.25, -0.2) is 9.37 Å². The van der Waals surface area contributed by atoms with Gasteiger partial charge in [-0.2, -0.15) is 0 Å². The number of aromatic nitrogens is 2. The normalized spacial score (nSPS) is 13.6. The number of hydrogen-bond donors (Lipinski definition) is 1. The van der Waals surface area contributed by atoms with Crippen molar-refractivity contribution in [1.29, 1.82) is 0 Å². The monoisotopic (exact) mass is 541 g/mol. The lowest BCUT2D eigenvalue weighted by molar-refractivity contribution is -0.134. The van der Waals surface area contributed by atoms with Gasteiger partial charge in [-0.3, -0.25) is 24.4 Å². The third kappa shape index (κ3) is 7.19. The maximum atomic E-state index is 13.6. The zero-order valence-electron chi connectivity index (χ0n) is 22.2. The van der Waals surface area contributed by atoms with Crippen LogP contribution in [0, 0.1) is 5.82 Å². The number of halogens is 1. The molecule has 0 spiro atoms. The predicted octanol–water partition coefficient (Wildman–Crippen LogP) is 4.02. The Morgan fingerprint density at radius 2 is 1.60 bits per heavy atom. The standard InChI is InChI=1S/C31H32FN5O3/c32-26-11-13-27(14-12-26)37-22-28(25-9-5-2-6-10-25)33-31(37)34-29(38)23-36(16-15-35-17-19-40-20-18-35)30(39)21-24-7-3-1-4-8-24/h1-14,22H,15-21,23H2,(H,33,34,38). The molecule has 2 amide bonds. The molecule has 2 heterocycles. The summed E-state index contributed by atoms with van der Waals surface area (Å²) in [7, 11) is 0. The molecular weight excluding hydrogens is 509 g/mol. The highest BCUT2D eigenvalue weighted by atomic mass is 19.1. The number of anilines is 1.